The zero-order chi connectivity index (χ0) is 14.7. The second kappa shape index (κ2) is 5.77. The Morgan fingerprint density at radius 3 is 2.71 bits per heavy atom. The number of anilines is 1. The molecule has 0 radical (unpaired) electrons. The number of nitrogens with zero attached hydrogens (tertiary/aromatic N) is 4. The molecular formula is C14H19N5O2. The maximum atomic E-state index is 5.98. The molecule has 7 nitrogen and oxygen atoms in total. The second-order valence-electron chi connectivity index (χ2n) is 5.20. The van der Waals surface area contributed by atoms with E-state index >= 15 is 0 Å². The van der Waals surface area contributed by atoms with Crippen LogP contribution < -0.4 is 5.73 Å². The topological polar surface area (TPSA) is 100.0 Å². The second-order valence-corrected chi connectivity index (χ2v) is 5.20. The van der Waals surface area contributed by atoms with Gasteiger partial charge in [0.1, 0.15) is 5.60 Å². The monoisotopic (exact) mass is 289 g/mol. The molecule has 0 bridgehead atoms. The Morgan fingerprint density at radius 2 is 2.00 bits per heavy atom. The van der Waals surface area contributed by atoms with Crippen LogP contribution >= 0.6 is 0 Å². The van der Waals surface area contributed by atoms with Gasteiger partial charge in [0.25, 0.3) is 5.89 Å². The van der Waals surface area contributed by atoms with Gasteiger partial charge in [-0.05, 0) is 19.8 Å². The number of aromatic nitrogens is 4. The minimum atomic E-state index is -0.439. The summed E-state index contributed by atoms with van der Waals surface area (Å²) in [6.07, 6.45) is 8.34. The summed E-state index contributed by atoms with van der Waals surface area (Å²) < 4.78 is 11.3. The van der Waals surface area contributed by atoms with Crippen LogP contribution in [0.2, 0.25) is 0 Å². The van der Waals surface area contributed by atoms with Gasteiger partial charge in [-0.1, -0.05) is 24.4 Å². The van der Waals surface area contributed by atoms with E-state index < -0.39 is 5.60 Å². The first-order valence-electron chi connectivity index (χ1n) is 7.30. The third-order valence-corrected chi connectivity index (χ3v) is 3.84. The average Bonchev–Trinajstić information content (AvgIpc) is 2.99. The lowest BCUT2D eigenvalue weighted by molar-refractivity contribution is -0.0777. The predicted molar refractivity (Wildman–Crippen MR) is 76.1 cm³/mol. The van der Waals surface area contributed by atoms with E-state index in [1.807, 2.05) is 6.92 Å². The molecule has 112 valence electrons. The SMILES string of the molecule is CCOC1(c2noc(-c3nccnc3N)n2)CCCCC1. The van der Waals surface area contributed by atoms with Gasteiger partial charge >= 0.3 is 0 Å². The van der Waals surface area contributed by atoms with Gasteiger partial charge in [-0.2, -0.15) is 4.98 Å². The third-order valence-electron chi connectivity index (χ3n) is 3.84. The molecule has 2 N–H and O–H groups in total. The van der Waals surface area contributed by atoms with Crippen molar-refractivity contribution in [3.8, 4) is 11.6 Å². The van der Waals surface area contributed by atoms with Crippen molar-refractivity contribution in [2.24, 2.45) is 0 Å². The van der Waals surface area contributed by atoms with E-state index in [2.05, 4.69) is 20.1 Å². The lowest BCUT2D eigenvalue weighted by Crippen LogP contribution is -2.33. The van der Waals surface area contributed by atoms with E-state index in [1.165, 1.54) is 12.6 Å². The van der Waals surface area contributed by atoms with Crippen molar-refractivity contribution in [1.82, 2.24) is 20.1 Å². The highest BCUT2D eigenvalue weighted by molar-refractivity contribution is 5.61. The van der Waals surface area contributed by atoms with Gasteiger partial charge in [0, 0.05) is 19.0 Å². The van der Waals surface area contributed by atoms with Crippen molar-refractivity contribution < 1.29 is 9.26 Å². The number of hydrogen-bond donors (Lipinski definition) is 1. The van der Waals surface area contributed by atoms with Crippen LogP contribution in [0.3, 0.4) is 0 Å². The lowest BCUT2D eigenvalue weighted by Gasteiger charge is -2.33. The lowest BCUT2D eigenvalue weighted by atomic mass is 9.84. The van der Waals surface area contributed by atoms with E-state index in [0.717, 1.165) is 25.7 Å². The fraction of sp³-hybridized carbons (Fsp3) is 0.571. The van der Waals surface area contributed by atoms with Gasteiger partial charge in [-0.25, -0.2) is 9.97 Å². The summed E-state index contributed by atoms with van der Waals surface area (Å²) in [4.78, 5) is 12.6. The van der Waals surface area contributed by atoms with Gasteiger partial charge in [0.15, 0.2) is 11.5 Å². The van der Waals surface area contributed by atoms with Crippen LogP contribution in [0.15, 0.2) is 16.9 Å². The van der Waals surface area contributed by atoms with Gasteiger partial charge in [0.05, 0.1) is 0 Å². The summed E-state index contributed by atoms with van der Waals surface area (Å²) >= 11 is 0. The Balaban J connectivity index is 1.94. The van der Waals surface area contributed by atoms with Crippen LogP contribution in [0, 0.1) is 0 Å². The van der Waals surface area contributed by atoms with E-state index in [4.69, 9.17) is 15.0 Å². The molecule has 0 spiro atoms. The minimum absolute atomic E-state index is 0.279. The minimum Gasteiger partial charge on any atom is -0.382 e. The maximum Gasteiger partial charge on any atom is 0.280 e. The van der Waals surface area contributed by atoms with Crippen LogP contribution in [-0.4, -0.2) is 26.7 Å². The van der Waals surface area contributed by atoms with Crippen molar-refractivity contribution in [3.05, 3.63) is 18.2 Å². The van der Waals surface area contributed by atoms with Crippen LogP contribution in [0.25, 0.3) is 11.6 Å². The first-order chi connectivity index (χ1) is 10.2. The fourth-order valence-corrected chi connectivity index (χ4v) is 2.85. The molecule has 2 heterocycles. The van der Waals surface area contributed by atoms with Crippen LogP contribution in [0.1, 0.15) is 44.9 Å². The first-order valence-corrected chi connectivity index (χ1v) is 7.30. The summed E-state index contributed by atoms with van der Waals surface area (Å²) in [5, 5.41) is 4.11. The van der Waals surface area contributed by atoms with E-state index in [-0.39, 0.29) is 5.82 Å². The highest BCUT2D eigenvalue weighted by Gasteiger charge is 2.39. The van der Waals surface area contributed by atoms with Gasteiger partial charge in [-0.3, -0.25) is 0 Å². The third kappa shape index (κ3) is 2.61. The van der Waals surface area contributed by atoms with Crippen molar-refractivity contribution >= 4 is 5.82 Å². The van der Waals surface area contributed by atoms with Crippen molar-refractivity contribution in [1.29, 1.82) is 0 Å². The van der Waals surface area contributed by atoms with E-state index in [9.17, 15) is 0 Å². The molecule has 2 aromatic rings. The quantitative estimate of drug-likeness (QED) is 0.921. The Hall–Kier alpha value is -2.02. The smallest absolute Gasteiger partial charge is 0.280 e. The number of nitrogen functional groups attached to an aromatic ring is 1. The number of nitrogens with two attached hydrogens (primary N) is 1. The van der Waals surface area contributed by atoms with E-state index in [0.29, 0.717) is 24.0 Å². The molecule has 2 aromatic heterocycles. The molecule has 0 unspecified atom stereocenters. The number of rotatable bonds is 4. The molecule has 1 aliphatic carbocycles. The van der Waals surface area contributed by atoms with Crippen LogP contribution in [-0.2, 0) is 10.3 Å². The summed E-state index contributed by atoms with van der Waals surface area (Å²) in [5.41, 5.74) is 5.78. The largest absolute Gasteiger partial charge is 0.382 e. The first kappa shape index (κ1) is 13.9. The zero-order valence-corrected chi connectivity index (χ0v) is 12.1. The summed E-state index contributed by atoms with van der Waals surface area (Å²) in [6, 6.07) is 0. The Bertz CT molecular complexity index is 601. The van der Waals surface area contributed by atoms with Crippen molar-refractivity contribution in [3.63, 3.8) is 0 Å². The van der Waals surface area contributed by atoms with Gasteiger partial charge in [-0.15, -0.1) is 0 Å². The zero-order valence-electron chi connectivity index (χ0n) is 12.1. The molecule has 21 heavy (non-hydrogen) atoms. The summed E-state index contributed by atoms with van der Waals surface area (Å²) in [5.74, 6) is 1.16. The molecule has 0 atom stereocenters. The molecular weight excluding hydrogens is 270 g/mol. The molecule has 7 heteroatoms. The van der Waals surface area contributed by atoms with Gasteiger partial charge in [0.2, 0.25) is 5.82 Å². The molecule has 1 aliphatic rings. The fourth-order valence-electron chi connectivity index (χ4n) is 2.85. The number of ether oxygens (including phenoxy) is 1. The predicted octanol–water partition coefficient (Wildman–Crippen LogP) is 2.30. The van der Waals surface area contributed by atoms with Gasteiger partial charge < -0.3 is 15.0 Å². The Kier molecular flexibility index (Phi) is 3.83. The standard InChI is InChI=1S/C14H19N5O2/c1-2-20-14(6-4-3-5-7-14)13-18-12(21-19-13)10-11(15)17-9-8-16-10/h8-9H,2-7H2,1H3,(H2,15,17). The molecule has 0 saturated heterocycles. The maximum absolute atomic E-state index is 5.98. The van der Waals surface area contributed by atoms with Crippen LogP contribution in [0.4, 0.5) is 5.82 Å². The molecule has 0 aliphatic heterocycles. The summed E-state index contributed by atoms with van der Waals surface area (Å²) in [7, 11) is 0. The van der Waals surface area contributed by atoms with Crippen molar-refractivity contribution in [2.45, 2.75) is 44.6 Å². The normalized spacial score (nSPS) is 17.8. The summed E-state index contributed by atoms with van der Waals surface area (Å²) in [6.45, 7) is 2.61. The van der Waals surface area contributed by atoms with Crippen molar-refractivity contribution in [2.75, 3.05) is 12.3 Å². The Morgan fingerprint density at radius 1 is 1.24 bits per heavy atom. The highest BCUT2D eigenvalue weighted by atomic mass is 16.5. The highest BCUT2D eigenvalue weighted by Crippen LogP contribution is 2.39. The van der Waals surface area contributed by atoms with Crippen LogP contribution in [0.5, 0.6) is 0 Å². The molecule has 3 rings (SSSR count). The average molecular weight is 289 g/mol. The Labute approximate surface area is 122 Å². The molecule has 0 aromatic carbocycles. The number of hydrogen-bond acceptors (Lipinski definition) is 7. The molecule has 1 saturated carbocycles. The van der Waals surface area contributed by atoms with E-state index in [1.54, 1.807) is 6.20 Å². The molecule has 1 fully saturated rings. The molecule has 0 amide bonds.